The maximum Gasteiger partial charge on any atom is 0.261 e. The zero-order valence-electron chi connectivity index (χ0n) is 19.2. The Hall–Kier alpha value is -3.92. The third-order valence-electron chi connectivity index (χ3n) is 6.50. The van der Waals surface area contributed by atoms with Crippen molar-refractivity contribution in [3.8, 4) is 11.5 Å². The van der Waals surface area contributed by atoms with Crippen molar-refractivity contribution in [3.05, 3.63) is 59.2 Å². The summed E-state index contributed by atoms with van der Waals surface area (Å²) in [5.74, 6) is 0.277. The summed E-state index contributed by atoms with van der Waals surface area (Å²) in [5.41, 5.74) is 1.30. The molecule has 1 N–H and O–H groups in total. The molecular formula is C25H26N4O6. The standard InChI is InChI=1S/C25H26N4O6/c30-22(7-9-29-24(32)18-3-1-2-4-19(18)25(29)33)28-13-11-27(12-14-28)10-8-26-23(31)17-5-6-20-21(15-17)35-16-34-20/h1-6,15H,7-14,16H2,(H,26,31). The number of ether oxygens (including phenoxy) is 2. The van der Waals surface area contributed by atoms with Crippen LogP contribution in [0.2, 0.25) is 0 Å². The minimum Gasteiger partial charge on any atom is -0.454 e. The number of imide groups is 1. The van der Waals surface area contributed by atoms with Crippen molar-refractivity contribution in [1.29, 1.82) is 0 Å². The van der Waals surface area contributed by atoms with Crippen LogP contribution in [-0.2, 0) is 4.79 Å². The second-order valence-electron chi connectivity index (χ2n) is 8.60. The van der Waals surface area contributed by atoms with Gasteiger partial charge in [0.05, 0.1) is 11.1 Å². The van der Waals surface area contributed by atoms with Crippen molar-refractivity contribution in [2.24, 2.45) is 0 Å². The lowest BCUT2D eigenvalue weighted by Crippen LogP contribution is -2.50. The highest BCUT2D eigenvalue weighted by molar-refractivity contribution is 6.21. The number of piperazine rings is 1. The highest BCUT2D eigenvalue weighted by Crippen LogP contribution is 2.32. The molecule has 3 aliphatic rings. The Balaban J connectivity index is 1.02. The van der Waals surface area contributed by atoms with Crippen LogP contribution in [0, 0.1) is 0 Å². The molecule has 0 saturated carbocycles. The SMILES string of the molecule is O=C(NCCN1CCN(C(=O)CCN2C(=O)c3ccccc3C2=O)CC1)c1ccc2c(c1)OCO2. The summed E-state index contributed by atoms with van der Waals surface area (Å²) in [5, 5.41) is 2.91. The molecule has 5 rings (SSSR count). The predicted octanol–water partition coefficient (Wildman–Crippen LogP) is 0.976. The first-order valence-corrected chi connectivity index (χ1v) is 11.6. The van der Waals surface area contributed by atoms with Gasteiger partial charge in [-0.15, -0.1) is 0 Å². The lowest BCUT2D eigenvalue weighted by atomic mass is 10.1. The van der Waals surface area contributed by atoms with Crippen molar-refractivity contribution < 1.29 is 28.7 Å². The van der Waals surface area contributed by atoms with Crippen molar-refractivity contribution in [2.45, 2.75) is 6.42 Å². The van der Waals surface area contributed by atoms with Crippen molar-refractivity contribution in [3.63, 3.8) is 0 Å². The fraction of sp³-hybridized carbons (Fsp3) is 0.360. The monoisotopic (exact) mass is 478 g/mol. The van der Waals surface area contributed by atoms with Crippen molar-refractivity contribution in [2.75, 3.05) is 52.6 Å². The lowest BCUT2D eigenvalue weighted by molar-refractivity contribution is -0.133. The van der Waals surface area contributed by atoms with E-state index in [9.17, 15) is 19.2 Å². The fourth-order valence-corrected chi connectivity index (χ4v) is 4.50. The molecule has 1 saturated heterocycles. The molecule has 0 atom stereocenters. The summed E-state index contributed by atoms with van der Waals surface area (Å²) in [4.78, 5) is 55.1. The number of carbonyl (C=O) groups excluding carboxylic acids is 4. The molecule has 3 aliphatic heterocycles. The van der Waals surface area contributed by atoms with Gasteiger partial charge in [-0.25, -0.2) is 0 Å². The molecule has 2 aromatic carbocycles. The Morgan fingerprint density at radius 1 is 0.857 bits per heavy atom. The van der Waals surface area contributed by atoms with Crippen LogP contribution < -0.4 is 14.8 Å². The molecule has 4 amide bonds. The molecule has 0 aliphatic carbocycles. The van der Waals surface area contributed by atoms with Gasteiger partial charge in [-0.3, -0.25) is 29.0 Å². The van der Waals surface area contributed by atoms with E-state index in [0.29, 0.717) is 67.5 Å². The third-order valence-corrected chi connectivity index (χ3v) is 6.50. The number of rotatable bonds is 7. The molecule has 0 bridgehead atoms. The fourth-order valence-electron chi connectivity index (χ4n) is 4.50. The van der Waals surface area contributed by atoms with E-state index in [0.717, 1.165) is 4.90 Å². The molecule has 0 unspecified atom stereocenters. The Kier molecular flexibility index (Phi) is 6.37. The van der Waals surface area contributed by atoms with Gasteiger partial charge in [0.1, 0.15) is 0 Å². The second-order valence-corrected chi connectivity index (χ2v) is 8.60. The third kappa shape index (κ3) is 4.69. The molecule has 2 aromatic rings. The van der Waals surface area contributed by atoms with E-state index in [1.165, 1.54) is 0 Å². The zero-order chi connectivity index (χ0) is 24.4. The topological polar surface area (TPSA) is 108 Å². The lowest BCUT2D eigenvalue weighted by Gasteiger charge is -2.35. The van der Waals surface area contributed by atoms with E-state index >= 15 is 0 Å². The zero-order valence-corrected chi connectivity index (χ0v) is 19.2. The quantitative estimate of drug-likeness (QED) is 0.591. The number of benzene rings is 2. The van der Waals surface area contributed by atoms with E-state index in [-0.39, 0.29) is 43.4 Å². The van der Waals surface area contributed by atoms with Crippen LogP contribution in [0.1, 0.15) is 37.5 Å². The van der Waals surface area contributed by atoms with Gasteiger partial charge < -0.3 is 19.7 Å². The summed E-state index contributed by atoms with van der Waals surface area (Å²) in [6.45, 7) is 3.93. The highest BCUT2D eigenvalue weighted by Gasteiger charge is 2.35. The van der Waals surface area contributed by atoms with Crippen LogP contribution in [0.3, 0.4) is 0 Å². The Morgan fingerprint density at radius 3 is 2.26 bits per heavy atom. The molecule has 3 heterocycles. The van der Waals surface area contributed by atoms with Gasteiger partial charge in [0, 0.05) is 57.8 Å². The molecular weight excluding hydrogens is 452 g/mol. The summed E-state index contributed by atoms with van der Waals surface area (Å²) >= 11 is 0. The average molecular weight is 479 g/mol. The maximum absolute atomic E-state index is 12.7. The van der Waals surface area contributed by atoms with Gasteiger partial charge in [-0.2, -0.15) is 0 Å². The van der Waals surface area contributed by atoms with Crippen molar-refractivity contribution in [1.82, 2.24) is 20.0 Å². The van der Waals surface area contributed by atoms with Crippen molar-refractivity contribution >= 4 is 23.6 Å². The molecule has 35 heavy (non-hydrogen) atoms. The van der Waals surface area contributed by atoms with Gasteiger partial charge in [-0.1, -0.05) is 12.1 Å². The Labute approximate surface area is 202 Å². The largest absolute Gasteiger partial charge is 0.454 e. The van der Waals surface area contributed by atoms with Crippen LogP contribution in [0.5, 0.6) is 11.5 Å². The molecule has 182 valence electrons. The predicted molar refractivity (Wildman–Crippen MR) is 124 cm³/mol. The second kappa shape index (κ2) is 9.75. The van der Waals surface area contributed by atoms with Crippen LogP contribution in [-0.4, -0.2) is 90.9 Å². The van der Waals surface area contributed by atoms with E-state index in [1.807, 2.05) is 0 Å². The first-order valence-electron chi connectivity index (χ1n) is 11.6. The van der Waals surface area contributed by atoms with Gasteiger partial charge in [-0.05, 0) is 30.3 Å². The summed E-state index contributed by atoms with van der Waals surface area (Å²) in [6, 6.07) is 11.8. The molecule has 10 heteroatoms. The molecule has 0 aromatic heterocycles. The molecule has 10 nitrogen and oxygen atoms in total. The number of carbonyl (C=O) groups is 4. The number of hydrogen-bond acceptors (Lipinski definition) is 7. The normalized spacial score (nSPS) is 17.0. The average Bonchev–Trinajstić information content (AvgIpc) is 3.45. The minimum atomic E-state index is -0.342. The number of fused-ring (bicyclic) bond motifs is 2. The number of nitrogens with one attached hydrogen (secondary N) is 1. The van der Waals surface area contributed by atoms with Crippen LogP contribution >= 0.6 is 0 Å². The molecule has 1 fully saturated rings. The van der Waals surface area contributed by atoms with Crippen LogP contribution in [0.15, 0.2) is 42.5 Å². The van der Waals surface area contributed by atoms with Gasteiger partial charge in [0.2, 0.25) is 12.7 Å². The number of amides is 4. The van der Waals surface area contributed by atoms with E-state index in [1.54, 1.807) is 47.4 Å². The first-order chi connectivity index (χ1) is 17.0. The summed E-state index contributed by atoms with van der Waals surface area (Å²) in [7, 11) is 0. The minimum absolute atomic E-state index is 0.0719. The maximum atomic E-state index is 12.7. The van der Waals surface area contributed by atoms with E-state index in [2.05, 4.69) is 10.2 Å². The summed E-state index contributed by atoms with van der Waals surface area (Å²) < 4.78 is 10.6. The smallest absolute Gasteiger partial charge is 0.261 e. The van der Waals surface area contributed by atoms with E-state index in [4.69, 9.17) is 9.47 Å². The van der Waals surface area contributed by atoms with Crippen LogP contribution in [0.25, 0.3) is 0 Å². The van der Waals surface area contributed by atoms with Gasteiger partial charge in [0.25, 0.3) is 17.7 Å². The van der Waals surface area contributed by atoms with Gasteiger partial charge >= 0.3 is 0 Å². The highest BCUT2D eigenvalue weighted by atomic mass is 16.7. The number of hydrogen-bond donors (Lipinski definition) is 1. The van der Waals surface area contributed by atoms with Crippen LogP contribution in [0.4, 0.5) is 0 Å². The Bertz CT molecular complexity index is 1140. The Morgan fingerprint density at radius 2 is 1.54 bits per heavy atom. The molecule has 0 radical (unpaired) electrons. The van der Waals surface area contributed by atoms with Gasteiger partial charge in [0.15, 0.2) is 11.5 Å². The first kappa shape index (κ1) is 22.9. The summed E-state index contributed by atoms with van der Waals surface area (Å²) in [6.07, 6.45) is 0.108. The molecule has 0 spiro atoms. The number of nitrogens with zero attached hydrogens (tertiary/aromatic N) is 3. The van der Waals surface area contributed by atoms with E-state index < -0.39 is 0 Å².